The molecule has 5 nitrogen and oxygen atoms in total. The molecule has 0 fully saturated rings. The van der Waals surface area contributed by atoms with Gasteiger partial charge in [-0.3, -0.25) is 4.57 Å². The van der Waals surface area contributed by atoms with Crippen LogP contribution in [-0.4, -0.2) is 23.2 Å². The lowest BCUT2D eigenvalue weighted by atomic mass is 10.1. The van der Waals surface area contributed by atoms with Crippen LogP contribution < -0.4 is 0 Å². The lowest BCUT2D eigenvalue weighted by molar-refractivity contribution is 0.367. The number of hydrogen-bond acceptors (Lipinski definition) is 5. The van der Waals surface area contributed by atoms with Crippen LogP contribution in [0.3, 0.4) is 0 Å². The van der Waals surface area contributed by atoms with Gasteiger partial charge >= 0.3 is 0 Å². The van der Waals surface area contributed by atoms with Crippen LogP contribution in [0.5, 0.6) is 0 Å². The summed E-state index contributed by atoms with van der Waals surface area (Å²) in [5.41, 5.74) is -0.494. The van der Waals surface area contributed by atoms with Crippen LogP contribution in [0.1, 0.15) is 32.6 Å². The first-order valence-electron chi connectivity index (χ1n) is 6.14. The van der Waals surface area contributed by atoms with Crippen molar-refractivity contribution < 1.29 is 8.42 Å². The molecule has 110 valence electrons. The van der Waals surface area contributed by atoms with Crippen molar-refractivity contribution in [1.82, 2.24) is 14.8 Å². The van der Waals surface area contributed by atoms with E-state index >= 15 is 0 Å². The van der Waals surface area contributed by atoms with Crippen LogP contribution >= 0.6 is 22.0 Å². The summed E-state index contributed by atoms with van der Waals surface area (Å²) in [6.07, 6.45) is 0.926. The minimum Gasteiger partial charge on any atom is -0.291 e. The van der Waals surface area contributed by atoms with Gasteiger partial charge in [0, 0.05) is 21.1 Å². The summed E-state index contributed by atoms with van der Waals surface area (Å²) in [4.78, 5) is 2.09. The lowest BCUT2D eigenvalue weighted by Crippen LogP contribution is -2.25. The minimum atomic E-state index is -3.94. The van der Waals surface area contributed by atoms with Crippen LogP contribution in [0.2, 0.25) is 0 Å². The number of rotatable bonds is 3. The molecule has 8 heteroatoms. The zero-order valence-corrected chi connectivity index (χ0v) is 14.1. The second kappa shape index (κ2) is 5.13. The fourth-order valence-corrected chi connectivity index (χ4v) is 3.82. The summed E-state index contributed by atoms with van der Waals surface area (Å²) < 4.78 is 24.9. The van der Waals surface area contributed by atoms with E-state index in [1.807, 2.05) is 32.9 Å². The zero-order chi connectivity index (χ0) is 15.1. The maximum atomic E-state index is 11.7. The second-order valence-electron chi connectivity index (χ2n) is 5.37. The van der Waals surface area contributed by atoms with Gasteiger partial charge in [0.25, 0.3) is 14.2 Å². The van der Waals surface area contributed by atoms with Gasteiger partial charge in [0.05, 0.1) is 4.88 Å². The second-order valence-corrected chi connectivity index (χ2v) is 9.00. The average molecular weight is 334 g/mol. The summed E-state index contributed by atoms with van der Waals surface area (Å²) in [6.45, 7) is 7.73. The summed E-state index contributed by atoms with van der Waals surface area (Å²) in [5, 5.41) is 7.58. The number of nitrogens with zero attached hydrogens (tertiary/aromatic N) is 3. The van der Waals surface area contributed by atoms with E-state index in [4.69, 9.17) is 10.7 Å². The molecule has 0 spiro atoms. The Morgan fingerprint density at radius 2 is 1.95 bits per heavy atom. The third kappa shape index (κ3) is 2.89. The van der Waals surface area contributed by atoms with Crippen molar-refractivity contribution in [3.8, 4) is 10.7 Å². The van der Waals surface area contributed by atoms with Crippen molar-refractivity contribution in [2.75, 3.05) is 0 Å². The van der Waals surface area contributed by atoms with E-state index in [2.05, 4.69) is 17.1 Å². The highest BCUT2D eigenvalue weighted by molar-refractivity contribution is 8.13. The monoisotopic (exact) mass is 333 g/mol. The number of aromatic nitrogens is 3. The van der Waals surface area contributed by atoms with E-state index in [1.54, 1.807) is 15.9 Å². The molecule has 20 heavy (non-hydrogen) atoms. The Morgan fingerprint density at radius 3 is 2.40 bits per heavy atom. The van der Waals surface area contributed by atoms with Gasteiger partial charge in [-0.1, -0.05) is 6.92 Å². The Kier molecular flexibility index (Phi) is 3.96. The Labute approximate surface area is 127 Å². The van der Waals surface area contributed by atoms with Gasteiger partial charge in [0.2, 0.25) is 0 Å². The maximum Gasteiger partial charge on any atom is 0.296 e. The number of hydrogen-bond donors (Lipinski definition) is 0. The molecule has 0 unspecified atom stereocenters. The largest absolute Gasteiger partial charge is 0.296 e. The number of halogens is 1. The highest BCUT2D eigenvalue weighted by atomic mass is 35.7. The highest BCUT2D eigenvalue weighted by Crippen LogP contribution is 2.33. The maximum absolute atomic E-state index is 11.7. The average Bonchev–Trinajstić information content (AvgIpc) is 2.93. The Bertz CT molecular complexity index is 726. The molecule has 2 heterocycles. The molecule has 0 saturated carbocycles. The van der Waals surface area contributed by atoms with Crippen molar-refractivity contribution in [1.29, 1.82) is 0 Å². The lowest BCUT2D eigenvalue weighted by Gasteiger charge is -2.23. The Hall–Kier alpha value is -0.920. The summed E-state index contributed by atoms with van der Waals surface area (Å²) in [5.74, 6) is 0.529. The van der Waals surface area contributed by atoms with Crippen LogP contribution in [-0.2, 0) is 21.0 Å². The minimum absolute atomic E-state index is 0.215. The highest BCUT2D eigenvalue weighted by Gasteiger charge is 2.30. The predicted octanol–water partition coefficient (Wildman–Crippen LogP) is 3.25. The quantitative estimate of drug-likeness (QED) is 0.809. The van der Waals surface area contributed by atoms with E-state index in [0.29, 0.717) is 5.82 Å². The first-order valence-corrected chi connectivity index (χ1v) is 9.27. The molecule has 0 aromatic carbocycles. The van der Waals surface area contributed by atoms with E-state index in [9.17, 15) is 8.42 Å². The van der Waals surface area contributed by atoms with Crippen molar-refractivity contribution in [3.63, 3.8) is 0 Å². The zero-order valence-electron chi connectivity index (χ0n) is 11.7. The molecule has 0 atom stereocenters. The van der Waals surface area contributed by atoms with E-state index in [-0.39, 0.29) is 5.16 Å². The molecule has 2 rings (SSSR count). The van der Waals surface area contributed by atoms with Crippen LogP contribution in [0.15, 0.2) is 17.3 Å². The van der Waals surface area contributed by atoms with Crippen LogP contribution in [0, 0.1) is 0 Å². The van der Waals surface area contributed by atoms with Crippen molar-refractivity contribution in [2.45, 2.75) is 44.8 Å². The molecular formula is C12H16ClN3O2S2. The molecular weight excluding hydrogens is 318 g/mol. The first kappa shape index (κ1) is 15.5. The van der Waals surface area contributed by atoms with Gasteiger partial charge < -0.3 is 0 Å². The van der Waals surface area contributed by atoms with Gasteiger partial charge in [-0.05, 0) is 39.3 Å². The van der Waals surface area contributed by atoms with Crippen molar-refractivity contribution in [2.24, 2.45) is 0 Å². The van der Waals surface area contributed by atoms with Crippen LogP contribution in [0.4, 0.5) is 0 Å². The first-order chi connectivity index (χ1) is 9.14. The summed E-state index contributed by atoms with van der Waals surface area (Å²) in [7, 11) is 1.52. The SMILES string of the molecule is CCc1ccc(-c2nnc(S(=O)(=O)Cl)n2C(C)(C)C)s1. The fraction of sp³-hybridized carbons (Fsp3) is 0.500. The number of thiophene rings is 1. The molecule has 0 bridgehead atoms. The molecule has 0 aliphatic heterocycles. The van der Waals surface area contributed by atoms with Gasteiger partial charge in [-0.25, -0.2) is 8.42 Å². The molecule has 0 aliphatic rings. The van der Waals surface area contributed by atoms with Crippen molar-refractivity contribution >= 4 is 31.1 Å². The van der Waals surface area contributed by atoms with E-state index in [1.165, 1.54) is 4.88 Å². The predicted molar refractivity (Wildman–Crippen MR) is 80.7 cm³/mol. The molecule has 2 aromatic heterocycles. The van der Waals surface area contributed by atoms with Gasteiger partial charge in [-0.15, -0.1) is 21.5 Å². The molecule has 0 N–H and O–H groups in total. The Morgan fingerprint density at radius 1 is 1.30 bits per heavy atom. The van der Waals surface area contributed by atoms with Crippen LogP contribution in [0.25, 0.3) is 10.7 Å². The smallest absolute Gasteiger partial charge is 0.291 e. The number of aryl methyl sites for hydroxylation is 1. The fourth-order valence-electron chi connectivity index (χ4n) is 1.88. The van der Waals surface area contributed by atoms with E-state index < -0.39 is 14.6 Å². The standard InChI is InChI=1S/C12H16ClN3O2S2/c1-5-8-6-7-9(19-8)10-14-15-11(20(13,17)18)16(10)12(2,3)4/h6-7H,5H2,1-4H3. The molecule has 0 aliphatic carbocycles. The van der Waals surface area contributed by atoms with E-state index in [0.717, 1.165) is 11.3 Å². The van der Waals surface area contributed by atoms with Crippen molar-refractivity contribution in [3.05, 3.63) is 17.0 Å². The topological polar surface area (TPSA) is 64.8 Å². The van der Waals surface area contributed by atoms with Gasteiger partial charge in [0.1, 0.15) is 0 Å². The normalized spacial score (nSPS) is 12.8. The molecule has 0 amide bonds. The molecule has 0 saturated heterocycles. The third-order valence-corrected chi connectivity index (χ3v) is 5.09. The Balaban J connectivity index is 2.69. The van der Waals surface area contributed by atoms with Gasteiger partial charge in [-0.2, -0.15) is 0 Å². The molecule has 0 radical (unpaired) electrons. The van der Waals surface area contributed by atoms with Gasteiger partial charge in [0.15, 0.2) is 5.82 Å². The third-order valence-electron chi connectivity index (χ3n) is 2.75. The summed E-state index contributed by atoms with van der Waals surface area (Å²) >= 11 is 1.58. The summed E-state index contributed by atoms with van der Waals surface area (Å²) in [6, 6.07) is 3.94. The molecule has 2 aromatic rings.